The van der Waals surface area contributed by atoms with Crippen LogP contribution in [0, 0.1) is 0 Å². The Bertz CT molecular complexity index is 855. The molecule has 0 radical (unpaired) electrons. The van der Waals surface area contributed by atoms with Gasteiger partial charge in [-0.2, -0.15) is 13.2 Å². The summed E-state index contributed by atoms with van der Waals surface area (Å²) in [4.78, 5) is 12.3. The second-order valence-electron chi connectivity index (χ2n) is 6.19. The van der Waals surface area contributed by atoms with Crippen molar-refractivity contribution in [1.29, 1.82) is 0 Å². The Labute approximate surface area is 159 Å². The van der Waals surface area contributed by atoms with Crippen molar-refractivity contribution in [2.75, 3.05) is 13.2 Å². The number of benzene rings is 2. The molecule has 0 aromatic heterocycles. The number of rotatable bonds is 4. The summed E-state index contributed by atoms with van der Waals surface area (Å²) in [5, 5.41) is 3.05. The molecule has 2 aromatic rings. The molecule has 1 aliphatic rings. The van der Waals surface area contributed by atoms with E-state index in [0.717, 1.165) is 12.1 Å². The normalized spacial score (nSPS) is 14.6. The summed E-state index contributed by atoms with van der Waals surface area (Å²) in [6, 6.07) is 7.61. The van der Waals surface area contributed by atoms with E-state index in [1.54, 1.807) is 25.1 Å². The van der Waals surface area contributed by atoms with Crippen molar-refractivity contribution < 1.29 is 27.4 Å². The minimum atomic E-state index is -4.43. The van der Waals surface area contributed by atoms with Crippen molar-refractivity contribution in [2.45, 2.75) is 25.6 Å². The number of carbonyl (C=O) groups excluding carboxylic acids is 1. The molecule has 27 heavy (non-hydrogen) atoms. The smallest absolute Gasteiger partial charge is 0.416 e. The maximum Gasteiger partial charge on any atom is 0.416 e. The zero-order chi connectivity index (χ0) is 19.6. The average Bonchev–Trinajstić information content (AvgIpc) is 2.61. The van der Waals surface area contributed by atoms with Gasteiger partial charge in [0.2, 0.25) is 5.91 Å². The molecule has 1 aliphatic heterocycles. The van der Waals surface area contributed by atoms with Gasteiger partial charge in [0.25, 0.3) is 0 Å². The van der Waals surface area contributed by atoms with Crippen molar-refractivity contribution in [3.63, 3.8) is 0 Å². The van der Waals surface area contributed by atoms with E-state index in [1.165, 1.54) is 6.07 Å². The molecular weight excluding hydrogens is 383 g/mol. The molecule has 2 aromatic carbocycles. The molecule has 8 heteroatoms. The zero-order valence-electron chi connectivity index (χ0n) is 14.4. The Morgan fingerprint density at radius 3 is 2.70 bits per heavy atom. The quantitative estimate of drug-likeness (QED) is 0.820. The number of amides is 1. The van der Waals surface area contributed by atoms with E-state index >= 15 is 0 Å². The van der Waals surface area contributed by atoms with Gasteiger partial charge in [0, 0.05) is 0 Å². The second-order valence-corrected chi connectivity index (χ2v) is 6.60. The molecule has 1 heterocycles. The summed E-state index contributed by atoms with van der Waals surface area (Å²) in [5.74, 6) is 0.583. The van der Waals surface area contributed by atoms with Crippen LogP contribution in [0.3, 0.4) is 0 Å². The van der Waals surface area contributed by atoms with Gasteiger partial charge in [-0.3, -0.25) is 4.79 Å². The number of fused-ring (bicyclic) bond motifs is 1. The highest BCUT2D eigenvalue weighted by molar-refractivity contribution is 6.32. The van der Waals surface area contributed by atoms with Crippen LogP contribution in [0.15, 0.2) is 36.4 Å². The highest BCUT2D eigenvalue weighted by Gasteiger charge is 2.30. The SMILES string of the molecule is CC(NC(=O)Cc1cc(Cl)c2c(c1)OCCO2)c1cccc(C(F)(F)F)c1. The number of carbonyl (C=O) groups is 1. The maximum absolute atomic E-state index is 12.8. The Hall–Kier alpha value is -2.41. The molecule has 0 bridgehead atoms. The Kier molecular flexibility index (Phi) is 5.51. The fourth-order valence-electron chi connectivity index (χ4n) is 2.81. The van der Waals surface area contributed by atoms with Crippen molar-refractivity contribution in [3.8, 4) is 11.5 Å². The lowest BCUT2D eigenvalue weighted by molar-refractivity contribution is -0.137. The van der Waals surface area contributed by atoms with E-state index in [0.29, 0.717) is 40.9 Å². The first kappa shape index (κ1) is 19.4. The lowest BCUT2D eigenvalue weighted by atomic mass is 10.0. The molecule has 0 aliphatic carbocycles. The van der Waals surface area contributed by atoms with E-state index in [4.69, 9.17) is 21.1 Å². The van der Waals surface area contributed by atoms with Gasteiger partial charge in [-0.15, -0.1) is 0 Å². The molecule has 0 saturated heterocycles. The van der Waals surface area contributed by atoms with Crippen molar-refractivity contribution in [3.05, 3.63) is 58.1 Å². The largest absolute Gasteiger partial charge is 0.486 e. The second kappa shape index (κ2) is 7.68. The molecule has 3 rings (SSSR count). The first-order valence-corrected chi connectivity index (χ1v) is 8.66. The molecular formula is C19H17ClF3NO3. The van der Waals surface area contributed by atoms with Crippen molar-refractivity contribution >= 4 is 17.5 Å². The predicted molar refractivity (Wildman–Crippen MR) is 94.1 cm³/mol. The first-order valence-electron chi connectivity index (χ1n) is 8.28. The molecule has 1 unspecified atom stereocenters. The lowest BCUT2D eigenvalue weighted by Crippen LogP contribution is -2.28. The fraction of sp³-hybridized carbons (Fsp3) is 0.316. The summed E-state index contributed by atoms with van der Waals surface area (Å²) in [6.07, 6.45) is -4.42. The van der Waals surface area contributed by atoms with Crippen LogP contribution in [-0.2, 0) is 17.4 Å². The van der Waals surface area contributed by atoms with Gasteiger partial charge >= 0.3 is 6.18 Å². The summed E-state index contributed by atoms with van der Waals surface area (Å²) in [5.41, 5.74) is 0.246. The van der Waals surface area contributed by atoms with Gasteiger partial charge in [-0.1, -0.05) is 23.7 Å². The first-order chi connectivity index (χ1) is 12.7. The standard InChI is InChI=1S/C19H17ClF3NO3/c1-11(13-3-2-4-14(10-13)19(21,22)23)24-17(25)9-12-7-15(20)18-16(8-12)26-5-6-27-18/h2-4,7-8,10-11H,5-6,9H2,1H3,(H,24,25). The molecule has 1 atom stereocenters. The maximum atomic E-state index is 12.8. The van der Waals surface area contributed by atoms with Crippen LogP contribution in [0.1, 0.15) is 29.7 Å². The van der Waals surface area contributed by atoms with Crippen LogP contribution >= 0.6 is 11.6 Å². The van der Waals surface area contributed by atoms with Crippen LogP contribution in [0.4, 0.5) is 13.2 Å². The van der Waals surface area contributed by atoms with E-state index in [-0.39, 0.29) is 12.3 Å². The van der Waals surface area contributed by atoms with Gasteiger partial charge < -0.3 is 14.8 Å². The molecule has 4 nitrogen and oxygen atoms in total. The summed E-state index contributed by atoms with van der Waals surface area (Å²) in [6.45, 7) is 2.43. The Morgan fingerprint density at radius 1 is 1.22 bits per heavy atom. The molecule has 0 saturated carbocycles. The van der Waals surface area contributed by atoms with Crippen molar-refractivity contribution in [1.82, 2.24) is 5.32 Å². The molecule has 0 fully saturated rings. The summed E-state index contributed by atoms with van der Waals surface area (Å²) in [7, 11) is 0. The number of ether oxygens (including phenoxy) is 2. The molecule has 0 spiro atoms. The Morgan fingerprint density at radius 2 is 1.96 bits per heavy atom. The fourth-order valence-corrected chi connectivity index (χ4v) is 3.10. The van der Waals surface area contributed by atoms with E-state index in [2.05, 4.69) is 5.32 Å². The van der Waals surface area contributed by atoms with E-state index in [1.807, 2.05) is 0 Å². The van der Waals surface area contributed by atoms with Gasteiger partial charge in [-0.05, 0) is 42.3 Å². The van der Waals surface area contributed by atoms with Crippen LogP contribution in [0.5, 0.6) is 11.5 Å². The van der Waals surface area contributed by atoms with Crippen LogP contribution in [0.2, 0.25) is 5.02 Å². The van der Waals surface area contributed by atoms with Crippen LogP contribution in [0.25, 0.3) is 0 Å². The van der Waals surface area contributed by atoms with E-state index < -0.39 is 17.8 Å². The predicted octanol–water partition coefficient (Wildman–Crippen LogP) is 4.55. The third kappa shape index (κ3) is 4.66. The average molecular weight is 400 g/mol. The van der Waals surface area contributed by atoms with Crippen LogP contribution in [-0.4, -0.2) is 19.1 Å². The minimum absolute atomic E-state index is 0.0136. The zero-order valence-corrected chi connectivity index (χ0v) is 15.2. The minimum Gasteiger partial charge on any atom is -0.486 e. The lowest BCUT2D eigenvalue weighted by Gasteiger charge is -2.20. The topological polar surface area (TPSA) is 47.6 Å². The number of halogens is 4. The van der Waals surface area contributed by atoms with Gasteiger partial charge in [0.1, 0.15) is 13.2 Å². The molecule has 1 N–H and O–H groups in total. The summed E-state index contributed by atoms with van der Waals surface area (Å²) >= 11 is 6.15. The molecule has 144 valence electrons. The number of hydrogen-bond donors (Lipinski definition) is 1. The van der Waals surface area contributed by atoms with E-state index in [9.17, 15) is 18.0 Å². The third-order valence-corrected chi connectivity index (χ3v) is 4.39. The third-order valence-electron chi connectivity index (χ3n) is 4.11. The van der Waals surface area contributed by atoms with Gasteiger partial charge in [-0.25, -0.2) is 0 Å². The van der Waals surface area contributed by atoms with Crippen molar-refractivity contribution in [2.24, 2.45) is 0 Å². The van der Waals surface area contributed by atoms with Crippen LogP contribution < -0.4 is 14.8 Å². The number of nitrogens with one attached hydrogen (secondary N) is 1. The van der Waals surface area contributed by atoms with Gasteiger partial charge in [0.05, 0.1) is 23.0 Å². The number of alkyl halides is 3. The highest BCUT2D eigenvalue weighted by Crippen LogP contribution is 2.38. The monoisotopic (exact) mass is 399 g/mol. The number of hydrogen-bond acceptors (Lipinski definition) is 3. The van der Waals surface area contributed by atoms with Gasteiger partial charge in [0.15, 0.2) is 11.5 Å². The summed E-state index contributed by atoms with van der Waals surface area (Å²) < 4.78 is 49.4. The highest BCUT2D eigenvalue weighted by atomic mass is 35.5. The molecule has 1 amide bonds. The Balaban J connectivity index is 1.68.